The summed E-state index contributed by atoms with van der Waals surface area (Å²) in [7, 11) is 3.11. The molecule has 0 saturated heterocycles. The van der Waals surface area contributed by atoms with Crippen molar-refractivity contribution in [1.29, 1.82) is 0 Å². The smallest absolute Gasteiger partial charge is 0.214 e. The fraction of sp³-hybridized carbons (Fsp3) is 0.818. The molecule has 16 heavy (non-hydrogen) atoms. The molecule has 5 nitrogen and oxygen atoms in total. The zero-order valence-electron chi connectivity index (χ0n) is 10.5. The lowest BCUT2D eigenvalue weighted by Gasteiger charge is -2.32. The van der Waals surface area contributed by atoms with Gasteiger partial charge in [0.15, 0.2) is 5.54 Å². The maximum Gasteiger partial charge on any atom is 0.214 e. The molecule has 1 aliphatic heterocycles. The predicted molar refractivity (Wildman–Crippen MR) is 63.0 cm³/mol. The minimum atomic E-state index is -0.828. The number of rotatable bonds is 2. The van der Waals surface area contributed by atoms with Gasteiger partial charge >= 0.3 is 0 Å². The van der Waals surface area contributed by atoms with Crippen molar-refractivity contribution in [3.8, 4) is 0 Å². The van der Waals surface area contributed by atoms with E-state index in [-0.39, 0.29) is 18.6 Å². The van der Waals surface area contributed by atoms with Gasteiger partial charge in [-0.1, -0.05) is 13.8 Å². The van der Waals surface area contributed by atoms with Gasteiger partial charge in [0.2, 0.25) is 11.8 Å². The van der Waals surface area contributed by atoms with Crippen LogP contribution >= 0.6 is 0 Å². The molecule has 1 heterocycles. The van der Waals surface area contributed by atoms with Crippen molar-refractivity contribution in [3.05, 3.63) is 0 Å². The Morgan fingerprint density at radius 1 is 1.38 bits per heavy atom. The number of methoxy groups -OCH3 is 2. The summed E-state index contributed by atoms with van der Waals surface area (Å²) in [6.45, 7) is 5.69. The fourth-order valence-corrected chi connectivity index (χ4v) is 1.65. The predicted octanol–water partition coefficient (Wildman–Crippen LogP) is 0.865. The van der Waals surface area contributed by atoms with E-state index in [9.17, 15) is 5.11 Å². The Morgan fingerprint density at radius 3 is 2.38 bits per heavy atom. The molecule has 5 heteroatoms. The number of hydrogen-bond acceptors (Lipinski definition) is 5. The lowest BCUT2D eigenvalue weighted by Crippen LogP contribution is -2.46. The van der Waals surface area contributed by atoms with Gasteiger partial charge in [0, 0.05) is 0 Å². The first-order chi connectivity index (χ1) is 7.48. The first-order valence-electron chi connectivity index (χ1n) is 5.35. The van der Waals surface area contributed by atoms with Crippen molar-refractivity contribution >= 4 is 11.8 Å². The third kappa shape index (κ3) is 2.19. The molecule has 1 aliphatic rings. The van der Waals surface area contributed by atoms with E-state index >= 15 is 0 Å². The van der Waals surface area contributed by atoms with Crippen LogP contribution in [0.25, 0.3) is 0 Å². The van der Waals surface area contributed by atoms with Gasteiger partial charge in [-0.2, -0.15) is 0 Å². The largest absolute Gasteiger partial charge is 0.483 e. The van der Waals surface area contributed by atoms with Crippen LogP contribution < -0.4 is 0 Å². The van der Waals surface area contributed by atoms with Gasteiger partial charge in [-0.25, -0.2) is 9.98 Å². The Labute approximate surface area is 96.2 Å². The molecule has 0 radical (unpaired) electrons. The second-order valence-corrected chi connectivity index (χ2v) is 4.41. The molecular formula is C11H20N2O3. The molecule has 1 N–H and O–H groups in total. The third-order valence-electron chi connectivity index (χ3n) is 2.67. The minimum absolute atomic E-state index is 0.139. The van der Waals surface area contributed by atoms with Gasteiger partial charge in [0.05, 0.1) is 20.8 Å². The van der Waals surface area contributed by atoms with E-state index in [1.54, 1.807) is 14.0 Å². The van der Waals surface area contributed by atoms with Crippen LogP contribution in [0, 0.1) is 5.92 Å². The average Bonchev–Trinajstić information content (AvgIpc) is 2.28. The average molecular weight is 228 g/mol. The maximum absolute atomic E-state index is 9.37. The topological polar surface area (TPSA) is 63.4 Å². The van der Waals surface area contributed by atoms with Gasteiger partial charge in [0.1, 0.15) is 6.04 Å². The van der Waals surface area contributed by atoms with E-state index in [0.29, 0.717) is 11.8 Å². The number of hydrogen-bond donors (Lipinski definition) is 1. The third-order valence-corrected chi connectivity index (χ3v) is 2.67. The van der Waals surface area contributed by atoms with Gasteiger partial charge in [-0.15, -0.1) is 0 Å². The number of aliphatic imine (C=N–C) groups is 2. The van der Waals surface area contributed by atoms with Crippen molar-refractivity contribution < 1.29 is 14.6 Å². The molecule has 0 fully saturated rings. The summed E-state index contributed by atoms with van der Waals surface area (Å²) in [6.07, 6.45) is 0. The first kappa shape index (κ1) is 13.0. The Hall–Kier alpha value is -1.10. The van der Waals surface area contributed by atoms with Crippen LogP contribution in [-0.4, -0.2) is 49.3 Å². The highest BCUT2D eigenvalue weighted by molar-refractivity contribution is 5.96. The molecule has 2 atom stereocenters. The van der Waals surface area contributed by atoms with Crippen LogP contribution in [0.2, 0.25) is 0 Å². The quantitative estimate of drug-likeness (QED) is 0.762. The highest BCUT2D eigenvalue weighted by Gasteiger charge is 2.39. The van der Waals surface area contributed by atoms with Gasteiger partial charge in [-0.05, 0) is 12.8 Å². The normalized spacial score (nSPS) is 29.8. The van der Waals surface area contributed by atoms with Crippen LogP contribution in [0.15, 0.2) is 9.98 Å². The number of ether oxygens (including phenoxy) is 2. The molecule has 0 aromatic heterocycles. The fourth-order valence-electron chi connectivity index (χ4n) is 1.65. The molecule has 0 aromatic carbocycles. The Bertz CT molecular complexity index is 312. The highest BCUT2D eigenvalue weighted by atomic mass is 16.5. The highest BCUT2D eigenvalue weighted by Crippen LogP contribution is 2.24. The number of aliphatic hydroxyl groups excluding tert-OH is 1. The summed E-state index contributed by atoms with van der Waals surface area (Å²) >= 11 is 0. The first-order valence-corrected chi connectivity index (χ1v) is 5.35. The van der Waals surface area contributed by atoms with E-state index in [2.05, 4.69) is 9.98 Å². The van der Waals surface area contributed by atoms with Crippen molar-refractivity contribution in [2.24, 2.45) is 15.9 Å². The maximum atomic E-state index is 9.37. The molecule has 0 bridgehead atoms. The Balaban J connectivity index is 3.12. The lowest BCUT2D eigenvalue weighted by molar-refractivity contribution is 0.214. The van der Waals surface area contributed by atoms with E-state index in [1.165, 1.54) is 7.11 Å². The molecular weight excluding hydrogens is 208 g/mol. The molecule has 0 saturated carbocycles. The van der Waals surface area contributed by atoms with Crippen LogP contribution in [0.4, 0.5) is 0 Å². The summed E-state index contributed by atoms with van der Waals surface area (Å²) in [5.74, 6) is 1.27. The van der Waals surface area contributed by atoms with Gasteiger partial charge in [0.25, 0.3) is 0 Å². The lowest BCUT2D eigenvalue weighted by atomic mass is 9.98. The van der Waals surface area contributed by atoms with E-state index in [4.69, 9.17) is 9.47 Å². The second kappa shape index (κ2) is 4.82. The van der Waals surface area contributed by atoms with Crippen molar-refractivity contribution in [2.45, 2.75) is 32.4 Å². The zero-order chi connectivity index (χ0) is 12.3. The van der Waals surface area contributed by atoms with Crippen LogP contribution in [-0.2, 0) is 9.47 Å². The van der Waals surface area contributed by atoms with Crippen molar-refractivity contribution in [3.63, 3.8) is 0 Å². The van der Waals surface area contributed by atoms with E-state index < -0.39 is 5.54 Å². The van der Waals surface area contributed by atoms with Crippen LogP contribution in [0.1, 0.15) is 20.8 Å². The van der Waals surface area contributed by atoms with E-state index in [0.717, 1.165) is 0 Å². The Kier molecular flexibility index (Phi) is 3.91. The summed E-state index contributed by atoms with van der Waals surface area (Å²) < 4.78 is 10.4. The van der Waals surface area contributed by atoms with Crippen LogP contribution in [0.3, 0.4) is 0 Å². The monoisotopic (exact) mass is 228 g/mol. The van der Waals surface area contributed by atoms with E-state index in [1.807, 2.05) is 13.8 Å². The summed E-state index contributed by atoms with van der Waals surface area (Å²) in [5.41, 5.74) is -0.828. The second-order valence-electron chi connectivity index (χ2n) is 4.41. The van der Waals surface area contributed by atoms with Crippen LogP contribution in [0.5, 0.6) is 0 Å². The van der Waals surface area contributed by atoms with Crippen molar-refractivity contribution in [1.82, 2.24) is 0 Å². The molecule has 0 spiro atoms. The zero-order valence-corrected chi connectivity index (χ0v) is 10.5. The van der Waals surface area contributed by atoms with Gasteiger partial charge < -0.3 is 14.6 Å². The number of nitrogens with zero attached hydrogens (tertiary/aromatic N) is 2. The SMILES string of the molecule is COC1=N[C@@](C)(CO)C(OC)=N[C@@H]1C(C)C. The molecule has 0 aromatic rings. The minimum Gasteiger partial charge on any atom is -0.483 e. The molecule has 0 aliphatic carbocycles. The molecule has 1 rings (SSSR count). The standard InChI is InChI=1S/C11H20N2O3/c1-7(2)8-9(15-4)13-11(3,6-14)10(12-8)16-5/h7-8,14H,6H2,1-5H3/t8-,11+/m1/s1. The van der Waals surface area contributed by atoms with Gasteiger partial charge in [-0.3, -0.25) is 0 Å². The summed E-state index contributed by atoms with van der Waals surface area (Å²) in [6, 6.07) is -0.139. The summed E-state index contributed by atoms with van der Waals surface area (Å²) in [5, 5.41) is 9.37. The Morgan fingerprint density at radius 2 is 2.00 bits per heavy atom. The summed E-state index contributed by atoms with van der Waals surface area (Å²) in [4.78, 5) is 8.85. The van der Waals surface area contributed by atoms with Crippen molar-refractivity contribution in [2.75, 3.05) is 20.8 Å². The number of aliphatic hydroxyl groups is 1. The molecule has 92 valence electrons. The molecule has 0 amide bonds. The molecule has 0 unspecified atom stereocenters.